The molecule has 2 fully saturated rings. The monoisotopic (exact) mass is 464 g/mol. The average molecular weight is 465 g/mol. The highest BCUT2D eigenvalue weighted by Crippen LogP contribution is 2.25. The van der Waals surface area contributed by atoms with Crippen molar-refractivity contribution in [1.29, 1.82) is 0 Å². The Bertz CT molecular complexity index is 891. The van der Waals surface area contributed by atoms with E-state index in [1.54, 1.807) is 33.5 Å². The molecular weight excluding hydrogens is 428 g/mol. The number of likely N-dealkylation sites (tertiary alicyclic amines) is 1. The van der Waals surface area contributed by atoms with Gasteiger partial charge in [-0.2, -0.15) is 4.31 Å². The van der Waals surface area contributed by atoms with Gasteiger partial charge in [0.1, 0.15) is 0 Å². The maximum atomic E-state index is 12.9. The highest BCUT2D eigenvalue weighted by Gasteiger charge is 2.30. The van der Waals surface area contributed by atoms with E-state index in [0.717, 1.165) is 12.8 Å². The van der Waals surface area contributed by atoms with E-state index in [-0.39, 0.29) is 22.8 Å². The van der Waals surface area contributed by atoms with E-state index in [1.807, 2.05) is 18.7 Å². The van der Waals surface area contributed by atoms with Crippen LogP contribution in [0, 0.1) is 11.8 Å². The summed E-state index contributed by atoms with van der Waals surface area (Å²) in [6.07, 6.45) is 3.18. The Morgan fingerprint density at radius 3 is 2.22 bits per heavy atom. The molecule has 32 heavy (non-hydrogen) atoms. The summed E-state index contributed by atoms with van der Waals surface area (Å²) in [4.78, 5) is 29.0. The lowest BCUT2D eigenvalue weighted by molar-refractivity contribution is -0.121. The van der Waals surface area contributed by atoms with Crippen LogP contribution in [0.3, 0.4) is 0 Å². The number of anilines is 1. The van der Waals surface area contributed by atoms with Crippen LogP contribution in [-0.2, 0) is 14.8 Å². The first-order valence-electron chi connectivity index (χ1n) is 11.7. The van der Waals surface area contributed by atoms with Crippen LogP contribution in [0.15, 0.2) is 29.2 Å². The molecule has 0 aromatic heterocycles. The first-order chi connectivity index (χ1) is 15.3. The van der Waals surface area contributed by atoms with Crippen molar-refractivity contribution in [2.75, 3.05) is 44.6 Å². The number of hydrogen-bond donors (Lipinski definition) is 1. The van der Waals surface area contributed by atoms with Crippen molar-refractivity contribution in [1.82, 2.24) is 14.1 Å². The van der Waals surface area contributed by atoms with Gasteiger partial charge in [0.15, 0.2) is 0 Å². The van der Waals surface area contributed by atoms with E-state index in [0.29, 0.717) is 63.7 Å². The van der Waals surface area contributed by atoms with Crippen molar-refractivity contribution in [3.8, 4) is 0 Å². The van der Waals surface area contributed by atoms with E-state index in [2.05, 4.69) is 12.2 Å². The van der Waals surface area contributed by atoms with Gasteiger partial charge in [0, 0.05) is 50.9 Å². The van der Waals surface area contributed by atoms with Gasteiger partial charge < -0.3 is 15.1 Å². The zero-order valence-corrected chi connectivity index (χ0v) is 20.2. The minimum Gasteiger partial charge on any atom is -0.326 e. The minimum absolute atomic E-state index is 0.0359. The van der Waals surface area contributed by atoms with Gasteiger partial charge in [-0.15, -0.1) is 0 Å². The van der Waals surface area contributed by atoms with Gasteiger partial charge in [-0.1, -0.05) is 6.92 Å². The molecular formula is C23H36N4O4S. The number of nitrogens with zero attached hydrogens (tertiary/aromatic N) is 3. The van der Waals surface area contributed by atoms with Crippen LogP contribution in [-0.4, -0.2) is 73.7 Å². The van der Waals surface area contributed by atoms with Crippen LogP contribution in [0.25, 0.3) is 0 Å². The van der Waals surface area contributed by atoms with Gasteiger partial charge in [0.2, 0.25) is 15.9 Å². The second-order valence-corrected chi connectivity index (χ2v) is 10.8. The maximum Gasteiger partial charge on any atom is 0.319 e. The molecule has 0 unspecified atom stereocenters. The molecule has 2 heterocycles. The van der Waals surface area contributed by atoms with Crippen LogP contribution < -0.4 is 5.32 Å². The smallest absolute Gasteiger partial charge is 0.319 e. The number of urea groups is 1. The fourth-order valence-corrected chi connectivity index (χ4v) is 6.09. The van der Waals surface area contributed by atoms with Crippen molar-refractivity contribution >= 4 is 27.6 Å². The van der Waals surface area contributed by atoms with Gasteiger partial charge in [0.25, 0.3) is 0 Å². The van der Waals surface area contributed by atoms with E-state index in [1.165, 1.54) is 0 Å². The minimum atomic E-state index is -3.51. The molecule has 1 N–H and O–H groups in total. The van der Waals surface area contributed by atoms with Gasteiger partial charge in [-0.05, 0) is 69.7 Å². The molecule has 2 aliphatic rings. The van der Waals surface area contributed by atoms with Gasteiger partial charge >= 0.3 is 6.03 Å². The standard InChI is InChI=1S/C23H36N4O4S/c1-4-25(5-2)23(29)26-15-12-19(13-16-26)22(28)24-20-8-10-21(11-9-20)32(30,31)27-14-6-7-18(3)17-27/h8-11,18-19H,4-7,12-17H2,1-3H3,(H,24,28)/t18-/m1/s1. The molecule has 1 aromatic carbocycles. The Hall–Kier alpha value is -2.13. The van der Waals surface area contributed by atoms with Crippen molar-refractivity contribution in [3.63, 3.8) is 0 Å². The van der Waals surface area contributed by atoms with Gasteiger partial charge in [0.05, 0.1) is 4.90 Å². The lowest BCUT2D eigenvalue weighted by Gasteiger charge is -2.34. The van der Waals surface area contributed by atoms with E-state index in [9.17, 15) is 18.0 Å². The maximum absolute atomic E-state index is 12.9. The molecule has 0 aliphatic carbocycles. The quantitative estimate of drug-likeness (QED) is 0.700. The molecule has 1 atom stereocenters. The van der Waals surface area contributed by atoms with Crippen LogP contribution in [0.1, 0.15) is 46.5 Å². The Morgan fingerprint density at radius 2 is 1.66 bits per heavy atom. The summed E-state index contributed by atoms with van der Waals surface area (Å²) in [7, 11) is -3.51. The average Bonchev–Trinajstić information content (AvgIpc) is 2.80. The van der Waals surface area contributed by atoms with Crippen molar-refractivity contribution in [2.45, 2.75) is 51.3 Å². The number of hydrogen-bond acceptors (Lipinski definition) is 4. The number of carbonyl (C=O) groups excluding carboxylic acids is 2. The van der Waals surface area contributed by atoms with Gasteiger partial charge in [-0.25, -0.2) is 13.2 Å². The molecule has 3 amide bonds. The summed E-state index contributed by atoms with van der Waals surface area (Å²) in [5, 5.41) is 2.90. The molecule has 3 rings (SSSR count). The molecule has 0 bridgehead atoms. The highest BCUT2D eigenvalue weighted by molar-refractivity contribution is 7.89. The third-order valence-corrected chi connectivity index (χ3v) is 8.43. The van der Waals surface area contributed by atoms with E-state index >= 15 is 0 Å². The summed E-state index contributed by atoms with van der Waals surface area (Å²) in [5.74, 6) is 0.125. The fraction of sp³-hybridized carbons (Fsp3) is 0.652. The molecule has 9 heteroatoms. The Balaban J connectivity index is 1.55. The number of rotatable bonds is 6. The lowest BCUT2D eigenvalue weighted by atomic mass is 9.96. The predicted molar refractivity (Wildman–Crippen MR) is 125 cm³/mol. The third kappa shape index (κ3) is 5.61. The van der Waals surface area contributed by atoms with E-state index < -0.39 is 10.0 Å². The van der Waals surface area contributed by atoms with Crippen molar-refractivity contribution in [3.05, 3.63) is 24.3 Å². The van der Waals surface area contributed by atoms with E-state index in [4.69, 9.17) is 0 Å². The second-order valence-electron chi connectivity index (χ2n) is 8.84. The molecule has 0 radical (unpaired) electrons. The largest absolute Gasteiger partial charge is 0.326 e. The highest BCUT2D eigenvalue weighted by atomic mass is 32.2. The summed E-state index contributed by atoms with van der Waals surface area (Å²) in [5.41, 5.74) is 0.586. The summed E-state index contributed by atoms with van der Waals surface area (Å²) in [6, 6.07) is 6.47. The normalized spacial score (nSPS) is 20.7. The molecule has 1 aromatic rings. The second kappa shape index (κ2) is 10.7. The number of carbonyl (C=O) groups is 2. The number of piperidine rings is 2. The molecule has 2 aliphatic heterocycles. The molecule has 178 valence electrons. The fourth-order valence-electron chi connectivity index (χ4n) is 4.50. The van der Waals surface area contributed by atoms with Crippen LogP contribution >= 0.6 is 0 Å². The molecule has 0 spiro atoms. The number of benzene rings is 1. The third-order valence-electron chi connectivity index (χ3n) is 6.55. The number of sulfonamides is 1. The SMILES string of the molecule is CCN(CC)C(=O)N1CCC(C(=O)Nc2ccc(S(=O)(=O)N3CCC[C@@H](C)C3)cc2)CC1. The van der Waals surface area contributed by atoms with Crippen molar-refractivity contribution in [2.24, 2.45) is 11.8 Å². The van der Waals surface area contributed by atoms with Gasteiger partial charge in [-0.3, -0.25) is 4.79 Å². The first-order valence-corrected chi connectivity index (χ1v) is 13.1. The molecule has 0 saturated carbocycles. The summed E-state index contributed by atoms with van der Waals surface area (Å²) < 4.78 is 27.3. The Kier molecular flexibility index (Phi) is 8.16. The van der Waals surface area contributed by atoms with Crippen LogP contribution in [0.2, 0.25) is 0 Å². The zero-order chi connectivity index (χ0) is 23.3. The lowest BCUT2D eigenvalue weighted by Crippen LogP contribution is -2.47. The number of amides is 3. The van der Waals surface area contributed by atoms with Crippen LogP contribution in [0.5, 0.6) is 0 Å². The zero-order valence-electron chi connectivity index (χ0n) is 19.4. The molecule has 8 nitrogen and oxygen atoms in total. The predicted octanol–water partition coefficient (Wildman–Crippen LogP) is 3.22. The van der Waals surface area contributed by atoms with Crippen LogP contribution in [0.4, 0.5) is 10.5 Å². The summed E-state index contributed by atoms with van der Waals surface area (Å²) >= 11 is 0. The first kappa shape index (κ1) is 24.5. The number of nitrogens with one attached hydrogen (secondary N) is 1. The topological polar surface area (TPSA) is 90.0 Å². The van der Waals surface area contributed by atoms with Crippen molar-refractivity contribution < 1.29 is 18.0 Å². The molecule has 2 saturated heterocycles. The summed E-state index contributed by atoms with van der Waals surface area (Å²) in [6.45, 7) is 9.60. The Labute approximate surface area is 192 Å². The Morgan fingerprint density at radius 1 is 1.03 bits per heavy atom.